The van der Waals surface area contributed by atoms with E-state index >= 15 is 0 Å². The van der Waals surface area contributed by atoms with Gasteiger partial charge in [-0.15, -0.1) is 0 Å². The zero-order valence-electron chi connectivity index (χ0n) is 8.37. The Balaban J connectivity index is -0.0000000203. The second-order valence-corrected chi connectivity index (χ2v) is 0.846. The molecule has 0 aliphatic rings. The van der Waals surface area contributed by atoms with E-state index in [1.165, 1.54) is 0 Å². The number of aliphatic hydroxyl groups excluding tert-OH is 3. The predicted octanol–water partition coefficient (Wildman–Crippen LogP) is -0.320. The van der Waals surface area contributed by atoms with Crippen molar-refractivity contribution >= 4 is 0 Å². The molecule has 0 fully saturated rings. The van der Waals surface area contributed by atoms with Crippen molar-refractivity contribution in [1.29, 1.82) is 0 Å². The fourth-order valence-corrected chi connectivity index (χ4v) is 0.144. The van der Waals surface area contributed by atoms with Crippen LogP contribution in [0.15, 0.2) is 0 Å². The third-order valence-corrected chi connectivity index (χ3v) is 0.348. The molecule has 0 aromatic carbocycles. The molecule has 0 amide bonds. The summed E-state index contributed by atoms with van der Waals surface area (Å²) in [5.41, 5.74) is 0. The first-order valence-electron chi connectivity index (χ1n) is 3.04. The van der Waals surface area contributed by atoms with Gasteiger partial charge in [-0.1, -0.05) is 0 Å². The van der Waals surface area contributed by atoms with Gasteiger partial charge in [0, 0.05) is 56.8 Å². The summed E-state index contributed by atoms with van der Waals surface area (Å²) in [6.07, 6.45) is 0.872. The maximum absolute atomic E-state index is 7.00. The predicted molar refractivity (Wildman–Crippen MR) is 46.3 cm³/mol. The van der Waals surface area contributed by atoms with E-state index in [0.29, 0.717) is 0 Å². The van der Waals surface area contributed by atoms with Crippen molar-refractivity contribution < 1.29 is 41.8 Å². The molecule has 12 heavy (non-hydrogen) atoms. The SMILES string of the molecule is CO.CO.CO.[CH2-]CCOC.[Ti]. The van der Waals surface area contributed by atoms with Crippen LogP contribution in [-0.4, -0.2) is 50.4 Å². The molecular formula is C7H21O4Ti-. The maximum atomic E-state index is 7.00. The zero-order valence-corrected chi connectivity index (χ0v) is 9.93. The van der Waals surface area contributed by atoms with Crippen molar-refractivity contribution in [3.05, 3.63) is 6.92 Å². The number of methoxy groups -OCH3 is 1. The minimum atomic E-state index is 0. The van der Waals surface area contributed by atoms with E-state index in [0.717, 1.165) is 34.4 Å². The van der Waals surface area contributed by atoms with Crippen LogP contribution in [0.25, 0.3) is 0 Å². The van der Waals surface area contributed by atoms with Gasteiger partial charge in [-0.05, 0) is 0 Å². The minimum absolute atomic E-state index is 0. The van der Waals surface area contributed by atoms with Crippen molar-refractivity contribution in [3.8, 4) is 0 Å². The molecule has 0 aromatic heterocycles. The first kappa shape index (κ1) is 29.4. The Morgan fingerprint density at radius 2 is 1.25 bits per heavy atom. The molecule has 0 aliphatic carbocycles. The van der Waals surface area contributed by atoms with E-state index in [1.54, 1.807) is 7.11 Å². The van der Waals surface area contributed by atoms with Gasteiger partial charge in [0.25, 0.3) is 0 Å². The molecule has 0 rings (SSSR count). The number of hydrogen-bond donors (Lipinski definition) is 3. The van der Waals surface area contributed by atoms with Crippen LogP contribution in [0.3, 0.4) is 0 Å². The van der Waals surface area contributed by atoms with E-state index in [9.17, 15) is 0 Å². The molecule has 3 N–H and O–H groups in total. The summed E-state index contributed by atoms with van der Waals surface area (Å²) < 4.78 is 4.63. The van der Waals surface area contributed by atoms with Crippen molar-refractivity contribution in [2.75, 3.05) is 35.0 Å². The summed E-state index contributed by atoms with van der Waals surface area (Å²) >= 11 is 0. The Kier molecular flexibility index (Phi) is 249. The van der Waals surface area contributed by atoms with Crippen LogP contribution < -0.4 is 0 Å². The van der Waals surface area contributed by atoms with Gasteiger partial charge in [0.05, 0.1) is 0 Å². The summed E-state index contributed by atoms with van der Waals surface area (Å²) in [5.74, 6) is 0. The van der Waals surface area contributed by atoms with Gasteiger partial charge >= 0.3 is 0 Å². The van der Waals surface area contributed by atoms with Crippen LogP contribution in [0.4, 0.5) is 0 Å². The first-order valence-corrected chi connectivity index (χ1v) is 3.04. The average Bonchev–Trinajstić information content (AvgIpc) is 2.16. The Bertz CT molecular complexity index is 22.9. The van der Waals surface area contributed by atoms with Gasteiger partial charge in [-0.2, -0.15) is 6.42 Å². The smallest absolute Gasteiger partial charge is 0.0353 e. The largest absolute Gasteiger partial charge is 0.400 e. The Labute approximate surface area is 90.4 Å². The third kappa shape index (κ3) is 148. The fourth-order valence-electron chi connectivity index (χ4n) is 0.144. The second kappa shape index (κ2) is 102. The van der Waals surface area contributed by atoms with Crippen molar-refractivity contribution in [2.24, 2.45) is 0 Å². The molecule has 0 aliphatic heterocycles. The van der Waals surface area contributed by atoms with Crippen LogP contribution in [0, 0.1) is 6.92 Å². The summed E-state index contributed by atoms with van der Waals surface area (Å²) in [7, 11) is 4.67. The molecule has 0 saturated carbocycles. The molecule has 0 saturated heterocycles. The minimum Gasteiger partial charge on any atom is -0.400 e. The molecule has 0 unspecified atom stereocenters. The molecular weight excluding hydrogens is 196 g/mol. The maximum Gasteiger partial charge on any atom is 0.0353 e. The van der Waals surface area contributed by atoms with E-state index in [1.807, 2.05) is 0 Å². The van der Waals surface area contributed by atoms with Crippen molar-refractivity contribution in [3.63, 3.8) is 0 Å². The topological polar surface area (TPSA) is 69.9 Å². The van der Waals surface area contributed by atoms with E-state index in [-0.39, 0.29) is 21.7 Å². The van der Waals surface area contributed by atoms with Crippen LogP contribution in [0.1, 0.15) is 6.42 Å². The summed E-state index contributed by atoms with van der Waals surface area (Å²) in [6, 6.07) is 0. The fraction of sp³-hybridized carbons (Fsp3) is 0.857. The van der Waals surface area contributed by atoms with Gasteiger partial charge in [-0.25, -0.2) is 0 Å². The number of hydrogen-bond acceptors (Lipinski definition) is 4. The summed E-state index contributed by atoms with van der Waals surface area (Å²) in [6.45, 7) is 4.33. The van der Waals surface area contributed by atoms with Crippen LogP contribution in [0.5, 0.6) is 0 Å². The normalized spacial score (nSPS) is 5.00. The summed E-state index contributed by atoms with van der Waals surface area (Å²) in [4.78, 5) is 0. The molecule has 0 bridgehead atoms. The first-order chi connectivity index (χ1) is 5.41. The molecule has 4 nitrogen and oxygen atoms in total. The van der Waals surface area contributed by atoms with Gasteiger partial charge < -0.3 is 27.0 Å². The van der Waals surface area contributed by atoms with E-state index in [4.69, 9.17) is 15.3 Å². The molecule has 0 atom stereocenters. The standard InChI is InChI=1S/C4H9O.3CH4O.Ti/c1-3-4-5-2;3*1-2;/h1,3-4H2,2H3;3*2H,1H3;/q-1;;;;. The second-order valence-electron chi connectivity index (χ2n) is 0.846. The Morgan fingerprint density at radius 1 is 1.00 bits per heavy atom. The number of aliphatic hydroxyl groups is 3. The van der Waals surface area contributed by atoms with Crippen molar-refractivity contribution in [2.45, 2.75) is 6.42 Å². The molecule has 0 heterocycles. The van der Waals surface area contributed by atoms with Gasteiger partial charge in [0.2, 0.25) is 0 Å². The number of rotatable bonds is 2. The van der Waals surface area contributed by atoms with Gasteiger partial charge in [0.1, 0.15) is 0 Å². The molecule has 78 valence electrons. The zero-order chi connectivity index (χ0) is 10.1. The Hall–Kier alpha value is 0.554. The van der Waals surface area contributed by atoms with Crippen LogP contribution in [-0.2, 0) is 26.5 Å². The molecule has 0 spiro atoms. The van der Waals surface area contributed by atoms with Gasteiger partial charge in [-0.3, -0.25) is 0 Å². The Morgan fingerprint density at radius 3 is 1.25 bits per heavy atom. The quantitative estimate of drug-likeness (QED) is 0.438. The van der Waals surface area contributed by atoms with Gasteiger partial charge in [0.15, 0.2) is 0 Å². The third-order valence-electron chi connectivity index (χ3n) is 0.348. The van der Waals surface area contributed by atoms with Crippen molar-refractivity contribution in [1.82, 2.24) is 0 Å². The van der Waals surface area contributed by atoms with Crippen LogP contribution in [0.2, 0.25) is 0 Å². The van der Waals surface area contributed by atoms with E-state index in [2.05, 4.69) is 11.7 Å². The monoisotopic (exact) mass is 217 g/mol. The summed E-state index contributed by atoms with van der Waals surface area (Å²) in [5, 5.41) is 21.0. The van der Waals surface area contributed by atoms with E-state index < -0.39 is 0 Å². The molecule has 0 radical (unpaired) electrons. The molecule has 5 heteroatoms. The molecule has 0 aromatic rings. The average molecular weight is 217 g/mol. The van der Waals surface area contributed by atoms with Crippen LogP contribution >= 0.6 is 0 Å². The number of ether oxygens (including phenoxy) is 1.